The molecule has 1 aliphatic heterocycles. The maximum absolute atomic E-state index is 12.3. The highest BCUT2D eigenvalue weighted by Gasteiger charge is 2.17. The van der Waals surface area contributed by atoms with Crippen LogP contribution in [0.3, 0.4) is 0 Å². The fraction of sp³-hybridized carbons (Fsp3) is 0.391. The summed E-state index contributed by atoms with van der Waals surface area (Å²) in [6.07, 6.45) is 2.18. The van der Waals surface area contributed by atoms with Crippen molar-refractivity contribution in [2.24, 2.45) is 4.99 Å². The Bertz CT molecular complexity index is 843. The minimum absolute atomic E-state index is 0.0133. The first kappa shape index (κ1) is 20.7. The summed E-state index contributed by atoms with van der Waals surface area (Å²) in [5, 5.41) is 9.66. The fourth-order valence-electron chi connectivity index (χ4n) is 3.39. The highest BCUT2D eigenvalue weighted by Crippen LogP contribution is 2.14. The van der Waals surface area contributed by atoms with Gasteiger partial charge in [-0.3, -0.25) is 0 Å². The minimum Gasteiger partial charge on any atom is -0.357 e. The number of likely N-dealkylation sites (tertiary alicyclic amines) is 1. The zero-order valence-electron chi connectivity index (χ0n) is 17.4. The molecule has 0 unspecified atom stereocenters. The third kappa shape index (κ3) is 6.52. The van der Waals surface area contributed by atoms with Crippen LogP contribution in [0.25, 0.3) is 0 Å². The van der Waals surface area contributed by atoms with Gasteiger partial charge >= 0.3 is 6.03 Å². The smallest absolute Gasteiger partial charge is 0.321 e. The second-order valence-corrected chi connectivity index (χ2v) is 7.36. The molecule has 3 rings (SSSR count). The normalized spacial score (nSPS) is 14.0. The van der Waals surface area contributed by atoms with Gasteiger partial charge in [-0.05, 0) is 49.9 Å². The average Bonchev–Trinajstić information content (AvgIpc) is 3.25. The van der Waals surface area contributed by atoms with E-state index >= 15 is 0 Å². The van der Waals surface area contributed by atoms with E-state index < -0.39 is 0 Å². The van der Waals surface area contributed by atoms with Gasteiger partial charge in [0, 0.05) is 31.9 Å². The zero-order valence-corrected chi connectivity index (χ0v) is 17.4. The zero-order chi connectivity index (χ0) is 20.5. The Kier molecular flexibility index (Phi) is 7.50. The van der Waals surface area contributed by atoms with Crippen molar-refractivity contribution in [1.29, 1.82) is 0 Å². The number of amides is 2. The number of benzene rings is 2. The van der Waals surface area contributed by atoms with Crippen molar-refractivity contribution < 1.29 is 4.79 Å². The van der Waals surface area contributed by atoms with Crippen LogP contribution < -0.4 is 16.0 Å². The van der Waals surface area contributed by atoms with Gasteiger partial charge in [0.25, 0.3) is 0 Å². The molecule has 1 fully saturated rings. The van der Waals surface area contributed by atoms with Crippen LogP contribution in [0.4, 0.5) is 10.5 Å². The van der Waals surface area contributed by atoms with Gasteiger partial charge in [-0.15, -0.1) is 0 Å². The number of rotatable bonds is 6. The number of nitrogens with zero attached hydrogens (tertiary/aromatic N) is 2. The Labute approximate surface area is 173 Å². The van der Waals surface area contributed by atoms with E-state index in [1.165, 1.54) is 11.1 Å². The number of urea groups is 1. The summed E-state index contributed by atoms with van der Waals surface area (Å²) in [4.78, 5) is 18.8. The van der Waals surface area contributed by atoms with Crippen LogP contribution in [0.2, 0.25) is 0 Å². The first-order valence-corrected chi connectivity index (χ1v) is 10.4. The maximum Gasteiger partial charge on any atom is 0.321 e. The highest BCUT2D eigenvalue weighted by atomic mass is 16.2. The number of aryl methyl sites for hydroxylation is 1. The molecule has 6 heteroatoms. The Balaban J connectivity index is 1.57. The topological polar surface area (TPSA) is 68.8 Å². The molecule has 2 aromatic carbocycles. The van der Waals surface area contributed by atoms with E-state index in [-0.39, 0.29) is 6.03 Å². The lowest BCUT2D eigenvalue weighted by Gasteiger charge is -2.17. The summed E-state index contributed by atoms with van der Waals surface area (Å²) in [6.45, 7) is 7.89. The predicted molar refractivity (Wildman–Crippen MR) is 119 cm³/mol. The van der Waals surface area contributed by atoms with Gasteiger partial charge in [0.15, 0.2) is 5.96 Å². The minimum atomic E-state index is -0.0133. The van der Waals surface area contributed by atoms with E-state index in [1.54, 1.807) is 0 Å². The van der Waals surface area contributed by atoms with Gasteiger partial charge in [0.05, 0.1) is 6.54 Å². The number of hydrogen-bond acceptors (Lipinski definition) is 2. The van der Waals surface area contributed by atoms with Gasteiger partial charge in [-0.25, -0.2) is 9.79 Å². The molecular formula is C23H31N5O. The molecule has 6 nitrogen and oxygen atoms in total. The summed E-state index contributed by atoms with van der Waals surface area (Å²) >= 11 is 0. The molecule has 1 saturated heterocycles. The quantitative estimate of drug-likeness (QED) is 0.515. The fourth-order valence-corrected chi connectivity index (χ4v) is 3.39. The van der Waals surface area contributed by atoms with Crippen LogP contribution in [-0.4, -0.2) is 36.5 Å². The molecular weight excluding hydrogens is 362 g/mol. The number of carbonyl (C=O) groups excluding carboxylic acids is 1. The standard InChI is InChI=1S/C23H31N5O/c1-3-24-22(25-16-19-9-6-8-18(2)14-19)26-17-20-10-7-11-21(15-20)27-23(29)28-12-4-5-13-28/h6-11,14-15H,3-5,12-13,16-17H2,1-2H3,(H,27,29)(H2,24,25,26). The summed E-state index contributed by atoms with van der Waals surface area (Å²) in [5.41, 5.74) is 4.34. The van der Waals surface area contributed by atoms with Gasteiger partial charge in [0.1, 0.15) is 0 Å². The predicted octanol–water partition coefficient (Wildman–Crippen LogP) is 3.88. The monoisotopic (exact) mass is 393 g/mol. The van der Waals surface area contributed by atoms with Crippen LogP contribution in [0, 0.1) is 6.92 Å². The van der Waals surface area contributed by atoms with Crippen LogP contribution in [0.1, 0.15) is 36.5 Å². The van der Waals surface area contributed by atoms with E-state index in [9.17, 15) is 4.79 Å². The van der Waals surface area contributed by atoms with Crippen molar-refractivity contribution >= 4 is 17.7 Å². The van der Waals surface area contributed by atoms with Crippen molar-refractivity contribution in [3.8, 4) is 0 Å². The maximum atomic E-state index is 12.3. The van der Waals surface area contributed by atoms with E-state index in [0.29, 0.717) is 13.1 Å². The molecule has 0 atom stereocenters. The number of carbonyl (C=O) groups is 1. The molecule has 154 valence electrons. The molecule has 3 N–H and O–H groups in total. The SMILES string of the molecule is CCNC(=NCc1cccc(C)c1)NCc1cccc(NC(=O)N2CCCC2)c1. The molecule has 29 heavy (non-hydrogen) atoms. The number of aliphatic imine (C=N–C) groups is 1. The number of hydrogen-bond donors (Lipinski definition) is 3. The van der Waals surface area contributed by atoms with Gasteiger partial charge < -0.3 is 20.9 Å². The lowest BCUT2D eigenvalue weighted by Crippen LogP contribution is -2.36. The molecule has 0 aromatic heterocycles. The molecule has 0 radical (unpaired) electrons. The molecule has 1 aliphatic rings. The van der Waals surface area contributed by atoms with Gasteiger partial charge in [0.2, 0.25) is 0 Å². The van der Waals surface area contributed by atoms with Crippen LogP contribution in [-0.2, 0) is 13.1 Å². The molecule has 0 spiro atoms. The van der Waals surface area contributed by atoms with E-state index in [4.69, 9.17) is 0 Å². The third-order valence-corrected chi connectivity index (χ3v) is 4.88. The van der Waals surface area contributed by atoms with E-state index in [1.807, 2.05) is 29.2 Å². The Morgan fingerprint density at radius 2 is 1.79 bits per heavy atom. The van der Waals surface area contributed by atoms with Crippen LogP contribution in [0.5, 0.6) is 0 Å². The number of nitrogens with one attached hydrogen (secondary N) is 3. The number of anilines is 1. The molecule has 2 aromatic rings. The first-order chi connectivity index (χ1) is 14.1. The second-order valence-electron chi connectivity index (χ2n) is 7.36. The van der Waals surface area contributed by atoms with E-state index in [0.717, 1.165) is 49.7 Å². The lowest BCUT2D eigenvalue weighted by atomic mass is 10.1. The third-order valence-electron chi connectivity index (χ3n) is 4.88. The molecule has 1 heterocycles. The first-order valence-electron chi connectivity index (χ1n) is 10.4. The van der Waals surface area contributed by atoms with Crippen molar-refractivity contribution in [2.75, 3.05) is 25.0 Å². The van der Waals surface area contributed by atoms with Gasteiger partial charge in [-0.1, -0.05) is 42.0 Å². The van der Waals surface area contributed by atoms with Crippen molar-refractivity contribution in [3.63, 3.8) is 0 Å². The van der Waals surface area contributed by atoms with Crippen molar-refractivity contribution in [3.05, 3.63) is 65.2 Å². The number of guanidine groups is 1. The summed E-state index contributed by atoms with van der Waals surface area (Å²) in [5.74, 6) is 0.778. The molecule has 2 amide bonds. The molecule has 0 aliphatic carbocycles. The second kappa shape index (κ2) is 10.5. The highest BCUT2D eigenvalue weighted by molar-refractivity contribution is 5.89. The lowest BCUT2D eigenvalue weighted by molar-refractivity contribution is 0.222. The Hall–Kier alpha value is -3.02. The van der Waals surface area contributed by atoms with Crippen LogP contribution in [0.15, 0.2) is 53.5 Å². The largest absolute Gasteiger partial charge is 0.357 e. The Morgan fingerprint density at radius 3 is 2.55 bits per heavy atom. The average molecular weight is 394 g/mol. The van der Waals surface area contributed by atoms with Crippen LogP contribution >= 0.6 is 0 Å². The summed E-state index contributed by atoms with van der Waals surface area (Å²) in [7, 11) is 0. The summed E-state index contributed by atoms with van der Waals surface area (Å²) < 4.78 is 0. The van der Waals surface area contributed by atoms with E-state index in [2.05, 4.69) is 59.1 Å². The Morgan fingerprint density at radius 1 is 1.03 bits per heavy atom. The molecule has 0 bridgehead atoms. The molecule has 0 saturated carbocycles. The van der Waals surface area contributed by atoms with Crippen molar-refractivity contribution in [2.45, 2.75) is 39.8 Å². The van der Waals surface area contributed by atoms with Crippen molar-refractivity contribution in [1.82, 2.24) is 15.5 Å². The van der Waals surface area contributed by atoms with Gasteiger partial charge in [-0.2, -0.15) is 0 Å². The summed E-state index contributed by atoms with van der Waals surface area (Å²) in [6, 6.07) is 16.3.